The molecule has 0 aliphatic carbocycles. The first-order chi connectivity index (χ1) is 17.6. The zero-order valence-corrected chi connectivity index (χ0v) is 19.8. The zero-order valence-electron chi connectivity index (χ0n) is 19.8. The van der Waals surface area contributed by atoms with Gasteiger partial charge in [0.2, 0.25) is 0 Å². The standard InChI is InChI=1S/C30H24F6O/c1-2-3-4-20-15-26(31)28(27(32)16-20)23-11-14-25-22(17-23)10-9-21(29(25)33)8-5-19-6-12-24(13-7-19)37-18-30(34,35)36/h2,6-7,9-17H,1,3-5,8,18H2. The first-order valence-corrected chi connectivity index (χ1v) is 11.7. The molecule has 1 nitrogen and oxygen atoms in total. The second kappa shape index (κ2) is 11.1. The number of benzene rings is 4. The Kier molecular flexibility index (Phi) is 7.91. The van der Waals surface area contributed by atoms with Crippen LogP contribution >= 0.6 is 0 Å². The number of ether oxygens (including phenoxy) is 1. The van der Waals surface area contributed by atoms with Crippen molar-refractivity contribution in [2.45, 2.75) is 31.9 Å². The second-order valence-electron chi connectivity index (χ2n) is 8.78. The summed E-state index contributed by atoms with van der Waals surface area (Å²) in [7, 11) is 0. The van der Waals surface area contributed by atoms with E-state index in [1.54, 1.807) is 36.4 Å². The van der Waals surface area contributed by atoms with Gasteiger partial charge in [-0.05, 0) is 83.7 Å². The van der Waals surface area contributed by atoms with Gasteiger partial charge in [-0.1, -0.05) is 42.5 Å². The molecule has 0 spiro atoms. The fourth-order valence-electron chi connectivity index (χ4n) is 4.20. The smallest absolute Gasteiger partial charge is 0.422 e. The van der Waals surface area contributed by atoms with Gasteiger partial charge in [-0.15, -0.1) is 6.58 Å². The lowest BCUT2D eigenvalue weighted by molar-refractivity contribution is -0.153. The molecule has 0 N–H and O–H groups in total. The van der Waals surface area contributed by atoms with Crippen molar-refractivity contribution in [1.82, 2.24) is 0 Å². The van der Waals surface area contributed by atoms with Crippen LogP contribution < -0.4 is 4.74 Å². The number of hydrogen-bond donors (Lipinski definition) is 0. The third-order valence-electron chi connectivity index (χ3n) is 6.07. The van der Waals surface area contributed by atoms with E-state index in [-0.39, 0.29) is 11.3 Å². The van der Waals surface area contributed by atoms with Crippen molar-refractivity contribution in [1.29, 1.82) is 0 Å². The van der Waals surface area contributed by atoms with Crippen LogP contribution in [-0.2, 0) is 19.3 Å². The van der Waals surface area contributed by atoms with Gasteiger partial charge in [-0.3, -0.25) is 0 Å². The van der Waals surface area contributed by atoms with E-state index < -0.39 is 30.2 Å². The maximum atomic E-state index is 15.2. The van der Waals surface area contributed by atoms with Crippen molar-refractivity contribution in [3.8, 4) is 16.9 Å². The summed E-state index contributed by atoms with van der Waals surface area (Å²) in [4.78, 5) is 0. The molecule has 0 saturated heterocycles. The Hall–Kier alpha value is -3.74. The first-order valence-electron chi connectivity index (χ1n) is 11.7. The lowest BCUT2D eigenvalue weighted by Crippen LogP contribution is -2.19. The Morgan fingerprint density at radius 3 is 2.11 bits per heavy atom. The van der Waals surface area contributed by atoms with E-state index in [2.05, 4.69) is 6.58 Å². The molecule has 0 saturated carbocycles. The van der Waals surface area contributed by atoms with Gasteiger partial charge in [0.05, 0.1) is 5.56 Å². The van der Waals surface area contributed by atoms with E-state index in [1.165, 1.54) is 36.4 Å². The molecule has 4 aromatic carbocycles. The van der Waals surface area contributed by atoms with Crippen LogP contribution in [0.15, 0.2) is 79.4 Å². The average molecular weight is 515 g/mol. The largest absolute Gasteiger partial charge is 0.484 e. The second-order valence-corrected chi connectivity index (χ2v) is 8.78. The van der Waals surface area contributed by atoms with Crippen molar-refractivity contribution in [3.63, 3.8) is 0 Å². The Morgan fingerprint density at radius 2 is 1.46 bits per heavy atom. The van der Waals surface area contributed by atoms with Crippen molar-refractivity contribution < 1.29 is 31.1 Å². The lowest BCUT2D eigenvalue weighted by Gasteiger charge is -2.12. The molecule has 0 bridgehead atoms. The van der Waals surface area contributed by atoms with Crippen LogP contribution in [0, 0.1) is 17.5 Å². The number of fused-ring (bicyclic) bond motifs is 1. The van der Waals surface area contributed by atoms with E-state index in [1.807, 2.05) is 0 Å². The molecule has 0 aliphatic rings. The quantitative estimate of drug-likeness (QED) is 0.160. The van der Waals surface area contributed by atoms with Crippen LogP contribution in [0.2, 0.25) is 0 Å². The van der Waals surface area contributed by atoms with Crippen molar-refractivity contribution in [2.24, 2.45) is 0 Å². The highest BCUT2D eigenvalue weighted by atomic mass is 19.4. The summed E-state index contributed by atoms with van der Waals surface area (Å²) in [5.41, 5.74) is 1.98. The molecule has 0 heterocycles. The van der Waals surface area contributed by atoms with E-state index in [0.717, 1.165) is 5.56 Å². The topological polar surface area (TPSA) is 9.23 Å². The highest BCUT2D eigenvalue weighted by Gasteiger charge is 2.28. The SMILES string of the molecule is C=CCCc1cc(F)c(-c2ccc3c(F)c(CCc4ccc(OCC(F)(F)F)cc4)ccc3c2)c(F)c1. The highest BCUT2D eigenvalue weighted by molar-refractivity contribution is 5.88. The van der Waals surface area contributed by atoms with Gasteiger partial charge < -0.3 is 4.74 Å². The average Bonchev–Trinajstić information content (AvgIpc) is 2.85. The van der Waals surface area contributed by atoms with Crippen LogP contribution in [0.25, 0.3) is 21.9 Å². The first kappa shape index (κ1) is 26.3. The van der Waals surface area contributed by atoms with Crippen LogP contribution in [0.5, 0.6) is 5.75 Å². The molecule has 0 aromatic heterocycles. The fourth-order valence-corrected chi connectivity index (χ4v) is 4.20. The third-order valence-corrected chi connectivity index (χ3v) is 6.07. The minimum Gasteiger partial charge on any atom is -0.484 e. The summed E-state index contributed by atoms with van der Waals surface area (Å²) in [5, 5.41) is 0.847. The van der Waals surface area contributed by atoms with Crippen LogP contribution in [0.4, 0.5) is 26.3 Å². The monoisotopic (exact) mass is 514 g/mol. The lowest BCUT2D eigenvalue weighted by atomic mass is 9.96. The predicted molar refractivity (Wildman–Crippen MR) is 133 cm³/mol. The van der Waals surface area contributed by atoms with E-state index in [0.29, 0.717) is 53.1 Å². The molecule has 7 heteroatoms. The van der Waals surface area contributed by atoms with Gasteiger partial charge in [0, 0.05) is 5.39 Å². The number of rotatable bonds is 9. The van der Waals surface area contributed by atoms with E-state index >= 15 is 4.39 Å². The Labute approximate surface area is 211 Å². The number of aryl methyl sites for hydroxylation is 3. The maximum Gasteiger partial charge on any atom is 0.422 e. The van der Waals surface area contributed by atoms with E-state index in [9.17, 15) is 22.0 Å². The summed E-state index contributed by atoms with van der Waals surface area (Å²) in [5.74, 6) is -1.67. The fraction of sp³-hybridized carbons (Fsp3) is 0.200. The molecule has 0 aliphatic heterocycles. The number of halogens is 6. The molecule has 4 rings (SSSR count). The van der Waals surface area contributed by atoms with Crippen molar-refractivity contribution in [2.75, 3.05) is 6.61 Å². The number of alkyl halides is 3. The Balaban J connectivity index is 1.50. The molecule has 0 unspecified atom stereocenters. The molecule has 37 heavy (non-hydrogen) atoms. The molecule has 192 valence electrons. The molecular weight excluding hydrogens is 490 g/mol. The molecule has 0 atom stereocenters. The van der Waals surface area contributed by atoms with Crippen molar-refractivity contribution >= 4 is 10.8 Å². The van der Waals surface area contributed by atoms with Gasteiger partial charge in [0.1, 0.15) is 23.2 Å². The molecule has 4 aromatic rings. The van der Waals surface area contributed by atoms with Gasteiger partial charge >= 0.3 is 6.18 Å². The number of allylic oxidation sites excluding steroid dienone is 1. The van der Waals surface area contributed by atoms with Crippen LogP contribution in [0.1, 0.15) is 23.1 Å². The zero-order chi connectivity index (χ0) is 26.6. The number of hydrogen-bond acceptors (Lipinski definition) is 1. The summed E-state index contributed by atoms with van der Waals surface area (Å²) in [6.07, 6.45) is -0.804. The van der Waals surface area contributed by atoms with Gasteiger partial charge in [0.15, 0.2) is 6.61 Å². The minimum absolute atomic E-state index is 0.105. The maximum absolute atomic E-state index is 15.2. The van der Waals surface area contributed by atoms with Crippen LogP contribution in [-0.4, -0.2) is 12.8 Å². The highest BCUT2D eigenvalue weighted by Crippen LogP contribution is 2.32. The van der Waals surface area contributed by atoms with Crippen molar-refractivity contribution in [3.05, 3.63) is 114 Å². The molecule has 0 amide bonds. The van der Waals surface area contributed by atoms with E-state index in [4.69, 9.17) is 4.74 Å². The van der Waals surface area contributed by atoms with Crippen LogP contribution in [0.3, 0.4) is 0 Å². The Bertz CT molecular complexity index is 1380. The third kappa shape index (κ3) is 6.53. The molecule has 0 radical (unpaired) electrons. The van der Waals surface area contributed by atoms with Gasteiger partial charge in [0.25, 0.3) is 0 Å². The predicted octanol–water partition coefficient (Wildman–Crippen LogP) is 8.77. The van der Waals surface area contributed by atoms with Gasteiger partial charge in [-0.2, -0.15) is 13.2 Å². The molecule has 0 fully saturated rings. The summed E-state index contributed by atoms with van der Waals surface area (Å²) in [6.45, 7) is 2.25. The molecular formula is C30H24F6O. The normalized spacial score (nSPS) is 11.6. The van der Waals surface area contributed by atoms with Gasteiger partial charge in [-0.25, -0.2) is 13.2 Å². The summed E-state index contributed by atoms with van der Waals surface area (Å²) >= 11 is 0. The minimum atomic E-state index is -4.41. The Morgan fingerprint density at radius 1 is 0.757 bits per heavy atom. The summed E-state index contributed by atoms with van der Waals surface area (Å²) in [6, 6.07) is 16.7. The summed E-state index contributed by atoms with van der Waals surface area (Å²) < 4.78 is 86.3.